The first-order valence-corrected chi connectivity index (χ1v) is 6.92. The predicted molar refractivity (Wildman–Crippen MR) is 77.1 cm³/mol. The molecule has 1 heterocycles. The van der Waals surface area contributed by atoms with Crippen LogP contribution in [0.5, 0.6) is 5.75 Å². The summed E-state index contributed by atoms with van der Waals surface area (Å²) in [7, 11) is 3.47. The lowest BCUT2D eigenvalue weighted by atomic mass is 10.1. The molecule has 1 N–H and O–H groups in total. The van der Waals surface area contributed by atoms with E-state index in [0.717, 1.165) is 10.7 Å². The second-order valence-corrected chi connectivity index (χ2v) is 4.99. The Balaban J connectivity index is 2.30. The van der Waals surface area contributed by atoms with E-state index in [2.05, 4.69) is 10.3 Å². The summed E-state index contributed by atoms with van der Waals surface area (Å²) in [6, 6.07) is 3.04. The molecule has 0 saturated carbocycles. The van der Waals surface area contributed by atoms with Crippen molar-refractivity contribution in [3.05, 3.63) is 33.4 Å². The van der Waals surface area contributed by atoms with Gasteiger partial charge in [-0.05, 0) is 0 Å². The second kappa shape index (κ2) is 6.58. The van der Waals surface area contributed by atoms with E-state index in [1.54, 1.807) is 20.2 Å². The molecule has 0 aromatic heterocycles. The topological polar surface area (TPSA) is 86.0 Å². The van der Waals surface area contributed by atoms with Gasteiger partial charge in [-0.3, -0.25) is 15.1 Å². The molecule has 0 atom stereocenters. The summed E-state index contributed by atoms with van der Waals surface area (Å²) in [6.07, 6.45) is 0. The number of amidine groups is 1. The van der Waals surface area contributed by atoms with E-state index >= 15 is 0 Å². The SMILES string of the molecule is CN=C(NC)SCc1cc([N+](=O)[O-])cc2c1OCOC2. The van der Waals surface area contributed by atoms with Crippen molar-refractivity contribution in [1.29, 1.82) is 0 Å². The molecule has 20 heavy (non-hydrogen) atoms. The van der Waals surface area contributed by atoms with Gasteiger partial charge in [0.25, 0.3) is 5.69 Å². The fourth-order valence-corrected chi connectivity index (χ4v) is 2.67. The third-order valence-electron chi connectivity index (χ3n) is 2.76. The van der Waals surface area contributed by atoms with Crippen LogP contribution in [0.4, 0.5) is 5.69 Å². The molecule has 0 unspecified atom stereocenters. The minimum absolute atomic E-state index is 0.0490. The molecular weight excluding hydrogens is 282 g/mol. The lowest BCUT2D eigenvalue weighted by molar-refractivity contribution is -0.385. The maximum Gasteiger partial charge on any atom is 0.270 e. The zero-order valence-electron chi connectivity index (χ0n) is 11.2. The molecule has 0 amide bonds. The second-order valence-electron chi connectivity index (χ2n) is 4.03. The van der Waals surface area contributed by atoms with Crippen molar-refractivity contribution in [2.75, 3.05) is 20.9 Å². The number of benzene rings is 1. The monoisotopic (exact) mass is 297 g/mol. The van der Waals surface area contributed by atoms with E-state index in [-0.39, 0.29) is 12.5 Å². The number of nitrogens with zero attached hydrogens (tertiary/aromatic N) is 2. The quantitative estimate of drug-likeness (QED) is 0.397. The fraction of sp³-hybridized carbons (Fsp3) is 0.417. The van der Waals surface area contributed by atoms with Crippen LogP contribution in [0.2, 0.25) is 0 Å². The van der Waals surface area contributed by atoms with Gasteiger partial charge in [0.15, 0.2) is 12.0 Å². The van der Waals surface area contributed by atoms with Gasteiger partial charge in [0.1, 0.15) is 5.75 Å². The van der Waals surface area contributed by atoms with Gasteiger partial charge in [-0.1, -0.05) is 11.8 Å². The van der Waals surface area contributed by atoms with Crippen LogP contribution in [0.3, 0.4) is 0 Å². The van der Waals surface area contributed by atoms with Crippen molar-refractivity contribution < 1.29 is 14.4 Å². The van der Waals surface area contributed by atoms with Crippen molar-refractivity contribution >= 4 is 22.6 Å². The summed E-state index contributed by atoms with van der Waals surface area (Å²) >= 11 is 1.46. The largest absolute Gasteiger partial charge is 0.467 e. The van der Waals surface area contributed by atoms with Crippen LogP contribution >= 0.6 is 11.8 Å². The summed E-state index contributed by atoms with van der Waals surface area (Å²) < 4.78 is 10.6. The van der Waals surface area contributed by atoms with E-state index in [9.17, 15) is 10.1 Å². The molecule has 0 aliphatic carbocycles. The number of hydrogen-bond donors (Lipinski definition) is 1. The van der Waals surface area contributed by atoms with Crippen molar-refractivity contribution in [3.8, 4) is 5.75 Å². The Morgan fingerprint density at radius 3 is 3.05 bits per heavy atom. The van der Waals surface area contributed by atoms with E-state index in [4.69, 9.17) is 9.47 Å². The Hall–Kier alpha value is -1.80. The summed E-state index contributed by atoms with van der Waals surface area (Å²) in [5.41, 5.74) is 1.53. The van der Waals surface area contributed by atoms with Crippen molar-refractivity contribution in [2.45, 2.75) is 12.4 Å². The Morgan fingerprint density at radius 1 is 1.60 bits per heavy atom. The first-order chi connectivity index (χ1) is 9.65. The first-order valence-electron chi connectivity index (χ1n) is 5.93. The molecule has 108 valence electrons. The highest BCUT2D eigenvalue weighted by atomic mass is 32.2. The number of rotatable bonds is 3. The molecule has 1 aromatic carbocycles. The zero-order valence-corrected chi connectivity index (χ0v) is 12.0. The number of thioether (sulfide) groups is 1. The average Bonchev–Trinajstić information content (AvgIpc) is 2.47. The molecule has 0 bridgehead atoms. The molecule has 8 heteroatoms. The molecule has 2 rings (SSSR count). The van der Waals surface area contributed by atoms with Crippen LogP contribution in [0.1, 0.15) is 11.1 Å². The summed E-state index contributed by atoms with van der Waals surface area (Å²) in [5, 5.41) is 14.7. The highest BCUT2D eigenvalue weighted by molar-refractivity contribution is 8.13. The molecule has 7 nitrogen and oxygen atoms in total. The number of fused-ring (bicyclic) bond motifs is 1. The minimum Gasteiger partial charge on any atom is -0.467 e. The van der Waals surface area contributed by atoms with Crippen LogP contribution in [0, 0.1) is 10.1 Å². The van der Waals surface area contributed by atoms with Crippen LogP contribution in [-0.2, 0) is 17.1 Å². The average molecular weight is 297 g/mol. The van der Waals surface area contributed by atoms with Gasteiger partial charge in [0.05, 0.1) is 11.5 Å². The Kier molecular flexibility index (Phi) is 4.80. The van der Waals surface area contributed by atoms with E-state index in [1.165, 1.54) is 17.8 Å². The highest BCUT2D eigenvalue weighted by Gasteiger charge is 2.21. The summed E-state index contributed by atoms with van der Waals surface area (Å²) in [6.45, 7) is 0.499. The van der Waals surface area contributed by atoms with Gasteiger partial charge in [-0.2, -0.15) is 0 Å². The molecular formula is C12H15N3O4S. The third kappa shape index (κ3) is 3.20. The van der Waals surface area contributed by atoms with Gasteiger partial charge in [0, 0.05) is 43.1 Å². The summed E-state index contributed by atoms with van der Waals surface area (Å²) in [5.74, 6) is 1.22. The number of aliphatic imine (C=N–C) groups is 1. The molecule has 1 aromatic rings. The molecule has 1 aliphatic rings. The van der Waals surface area contributed by atoms with Crippen LogP contribution in [0.15, 0.2) is 17.1 Å². The minimum atomic E-state index is -0.407. The Morgan fingerprint density at radius 2 is 2.40 bits per heavy atom. The first kappa shape index (κ1) is 14.6. The Labute approximate surface area is 120 Å². The number of ether oxygens (including phenoxy) is 2. The number of nitro groups is 1. The van der Waals surface area contributed by atoms with Crippen molar-refractivity contribution in [2.24, 2.45) is 4.99 Å². The molecule has 0 spiro atoms. The number of hydrogen-bond acceptors (Lipinski definition) is 6. The van der Waals surface area contributed by atoms with E-state index < -0.39 is 4.92 Å². The van der Waals surface area contributed by atoms with Gasteiger partial charge < -0.3 is 14.8 Å². The zero-order chi connectivity index (χ0) is 14.5. The van der Waals surface area contributed by atoms with Gasteiger partial charge in [-0.25, -0.2) is 0 Å². The third-order valence-corrected chi connectivity index (χ3v) is 3.88. The summed E-state index contributed by atoms with van der Waals surface area (Å²) in [4.78, 5) is 14.6. The van der Waals surface area contributed by atoms with E-state index in [1.807, 2.05) is 0 Å². The number of nitrogens with one attached hydrogen (secondary N) is 1. The lowest BCUT2D eigenvalue weighted by Gasteiger charge is -2.20. The number of non-ortho nitro benzene ring substituents is 1. The van der Waals surface area contributed by atoms with Crippen molar-refractivity contribution in [1.82, 2.24) is 5.32 Å². The van der Waals surface area contributed by atoms with Gasteiger partial charge in [-0.15, -0.1) is 0 Å². The maximum atomic E-state index is 11.0. The van der Waals surface area contributed by atoms with Crippen LogP contribution < -0.4 is 10.1 Å². The molecule has 0 saturated heterocycles. The normalized spacial score (nSPS) is 14.4. The van der Waals surface area contributed by atoms with E-state index in [0.29, 0.717) is 23.7 Å². The molecule has 0 fully saturated rings. The van der Waals surface area contributed by atoms with Gasteiger partial charge in [0.2, 0.25) is 0 Å². The smallest absolute Gasteiger partial charge is 0.270 e. The lowest BCUT2D eigenvalue weighted by Crippen LogP contribution is -2.16. The molecule has 1 aliphatic heterocycles. The standard InChI is InChI=1S/C12H15N3O4S/c1-13-12(14-2)20-6-9-4-10(15(16)17)3-8-5-18-7-19-11(8)9/h3-4H,5-7H2,1-2H3,(H,13,14). The highest BCUT2D eigenvalue weighted by Crippen LogP contribution is 2.34. The van der Waals surface area contributed by atoms with Gasteiger partial charge >= 0.3 is 0 Å². The van der Waals surface area contributed by atoms with Crippen LogP contribution in [-0.4, -0.2) is 31.0 Å². The predicted octanol–water partition coefficient (Wildman–Crippen LogP) is 1.90. The maximum absolute atomic E-state index is 11.0. The number of nitro benzene ring substituents is 1. The fourth-order valence-electron chi connectivity index (χ4n) is 1.89. The Bertz CT molecular complexity index is 548. The molecule has 0 radical (unpaired) electrons. The van der Waals surface area contributed by atoms with Crippen molar-refractivity contribution in [3.63, 3.8) is 0 Å². The van der Waals surface area contributed by atoms with Crippen LogP contribution in [0.25, 0.3) is 0 Å².